The topological polar surface area (TPSA) is 52.0 Å². The monoisotopic (exact) mass is 116 g/mol. The standard InChI is InChI=1S/C6H16N2/c1-4-6(3,8)5(2)7/h5H,4,7-8H2,1-3H3/t5-,6-/m1/s1. The van der Waals surface area contributed by atoms with Gasteiger partial charge in [0.2, 0.25) is 0 Å². The van der Waals surface area contributed by atoms with Crippen LogP contribution < -0.4 is 11.5 Å². The molecule has 0 aromatic rings. The minimum Gasteiger partial charge on any atom is -0.326 e. The van der Waals surface area contributed by atoms with E-state index in [2.05, 4.69) is 0 Å². The number of hydrogen-bond acceptors (Lipinski definition) is 2. The van der Waals surface area contributed by atoms with Crippen LogP contribution in [0.4, 0.5) is 0 Å². The third kappa shape index (κ3) is 1.80. The van der Waals surface area contributed by atoms with Crippen LogP contribution in [0.5, 0.6) is 0 Å². The van der Waals surface area contributed by atoms with Crippen LogP contribution in [0.15, 0.2) is 0 Å². The van der Waals surface area contributed by atoms with Crippen LogP contribution in [-0.2, 0) is 0 Å². The summed E-state index contributed by atoms with van der Waals surface area (Å²) in [6.07, 6.45) is 0.935. The quantitative estimate of drug-likeness (QED) is 0.550. The predicted molar refractivity (Wildman–Crippen MR) is 36.5 cm³/mol. The Labute approximate surface area is 51.2 Å². The molecule has 0 aliphatic carbocycles. The van der Waals surface area contributed by atoms with Gasteiger partial charge in [-0.2, -0.15) is 0 Å². The van der Waals surface area contributed by atoms with Crippen LogP contribution in [0, 0.1) is 0 Å². The minimum absolute atomic E-state index is 0.0903. The lowest BCUT2D eigenvalue weighted by atomic mass is 9.93. The second kappa shape index (κ2) is 2.46. The summed E-state index contributed by atoms with van der Waals surface area (Å²) in [4.78, 5) is 0. The molecule has 0 heterocycles. The summed E-state index contributed by atoms with van der Waals surface area (Å²) >= 11 is 0. The molecule has 4 N–H and O–H groups in total. The Morgan fingerprint density at radius 2 is 2.00 bits per heavy atom. The van der Waals surface area contributed by atoms with Gasteiger partial charge in [-0.25, -0.2) is 0 Å². The molecular formula is C6H16N2. The third-order valence-electron chi connectivity index (χ3n) is 1.80. The van der Waals surface area contributed by atoms with E-state index in [-0.39, 0.29) is 11.6 Å². The molecular weight excluding hydrogens is 100 g/mol. The van der Waals surface area contributed by atoms with Gasteiger partial charge < -0.3 is 11.5 Å². The molecule has 0 aromatic carbocycles. The van der Waals surface area contributed by atoms with Crippen LogP contribution in [0.3, 0.4) is 0 Å². The van der Waals surface area contributed by atoms with E-state index in [1.54, 1.807) is 0 Å². The fourth-order valence-electron chi connectivity index (χ4n) is 0.322. The van der Waals surface area contributed by atoms with E-state index in [4.69, 9.17) is 11.5 Å². The Morgan fingerprint density at radius 3 is 2.00 bits per heavy atom. The normalized spacial score (nSPS) is 22.1. The van der Waals surface area contributed by atoms with Crippen LogP contribution in [0.2, 0.25) is 0 Å². The Bertz CT molecular complexity index is 66.9. The lowest BCUT2D eigenvalue weighted by molar-refractivity contribution is 0.382. The van der Waals surface area contributed by atoms with Crippen molar-refractivity contribution in [3.63, 3.8) is 0 Å². The molecule has 8 heavy (non-hydrogen) atoms. The molecule has 0 saturated heterocycles. The summed E-state index contributed by atoms with van der Waals surface area (Å²) in [6, 6.07) is 0.0903. The van der Waals surface area contributed by atoms with E-state index in [1.807, 2.05) is 20.8 Å². The van der Waals surface area contributed by atoms with Gasteiger partial charge in [-0.1, -0.05) is 6.92 Å². The zero-order chi connectivity index (χ0) is 6.78. The summed E-state index contributed by atoms with van der Waals surface area (Å²) < 4.78 is 0. The van der Waals surface area contributed by atoms with Gasteiger partial charge in [-0.15, -0.1) is 0 Å². The lowest BCUT2D eigenvalue weighted by Crippen LogP contribution is -2.50. The first-order valence-electron chi connectivity index (χ1n) is 3.05. The molecule has 0 rings (SSSR count). The number of rotatable bonds is 2. The first kappa shape index (κ1) is 7.92. The van der Waals surface area contributed by atoms with Crippen LogP contribution in [0.1, 0.15) is 27.2 Å². The first-order chi connectivity index (χ1) is 3.50. The fraction of sp³-hybridized carbons (Fsp3) is 1.00. The highest BCUT2D eigenvalue weighted by atomic mass is 14.8. The minimum atomic E-state index is -0.181. The summed E-state index contributed by atoms with van der Waals surface area (Å²) in [5.74, 6) is 0. The average Bonchev–Trinajstić information content (AvgIpc) is 1.67. The predicted octanol–water partition coefficient (Wildman–Crippen LogP) is 0.461. The van der Waals surface area contributed by atoms with E-state index >= 15 is 0 Å². The van der Waals surface area contributed by atoms with E-state index in [0.717, 1.165) is 6.42 Å². The molecule has 0 aliphatic rings. The van der Waals surface area contributed by atoms with E-state index in [9.17, 15) is 0 Å². The maximum atomic E-state index is 5.73. The highest BCUT2D eigenvalue weighted by molar-refractivity contribution is 4.84. The molecule has 0 unspecified atom stereocenters. The molecule has 0 aromatic heterocycles. The molecule has 2 heteroatoms. The van der Waals surface area contributed by atoms with E-state index in [0.29, 0.717) is 0 Å². The van der Waals surface area contributed by atoms with Gasteiger partial charge in [-0.05, 0) is 20.3 Å². The van der Waals surface area contributed by atoms with Gasteiger partial charge in [-0.3, -0.25) is 0 Å². The smallest absolute Gasteiger partial charge is 0.0273 e. The maximum absolute atomic E-state index is 5.73. The summed E-state index contributed by atoms with van der Waals surface area (Å²) in [5, 5.41) is 0. The SMILES string of the molecule is CC[C@@](C)(N)[C@@H](C)N. The molecule has 0 fully saturated rings. The van der Waals surface area contributed by atoms with Gasteiger partial charge >= 0.3 is 0 Å². The Morgan fingerprint density at radius 1 is 1.62 bits per heavy atom. The Kier molecular flexibility index (Phi) is 2.44. The van der Waals surface area contributed by atoms with E-state index in [1.165, 1.54) is 0 Å². The zero-order valence-electron chi connectivity index (χ0n) is 5.94. The number of nitrogens with two attached hydrogens (primary N) is 2. The molecule has 2 atom stereocenters. The highest BCUT2D eigenvalue weighted by Gasteiger charge is 2.19. The molecule has 0 amide bonds. The Balaban J connectivity index is 3.71. The van der Waals surface area contributed by atoms with Crippen LogP contribution in [-0.4, -0.2) is 11.6 Å². The molecule has 50 valence electrons. The zero-order valence-corrected chi connectivity index (χ0v) is 5.94. The van der Waals surface area contributed by atoms with Crippen molar-refractivity contribution >= 4 is 0 Å². The Hall–Kier alpha value is -0.0800. The largest absolute Gasteiger partial charge is 0.326 e. The van der Waals surface area contributed by atoms with Crippen molar-refractivity contribution < 1.29 is 0 Å². The molecule has 0 spiro atoms. The van der Waals surface area contributed by atoms with Gasteiger partial charge in [0.15, 0.2) is 0 Å². The van der Waals surface area contributed by atoms with Crippen molar-refractivity contribution in [2.24, 2.45) is 11.5 Å². The highest BCUT2D eigenvalue weighted by Crippen LogP contribution is 2.06. The summed E-state index contributed by atoms with van der Waals surface area (Å²) in [7, 11) is 0. The molecule has 0 aliphatic heterocycles. The van der Waals surface area contributed by atoms with Crippen molar-refractivity contribution in [3.05, 3.63) is 0 Å². The van der Waals surface area contributed by atoms with Crippen molar-refractivity contribution in [3.8, 4) is 0 Å². The molecule has 2 nitrogen and oxygen atoms in total. The summed E-state index contributed by atoms with van der Waals surface area (Å²) in [5.41, 5.74) is 11.1. The van der Waals surface area contributed by atoms with Crippen molar-refractivity contribution in [2.75, 3.05) is 0 Å². The maximum Gasteiger partial charge on any atom is 0.0273 e. The summed E-state index contributed by atoms with van der Waals surface area (Å²) in [6.45, 7) is 5.95. The van der Waals surface area contributed by atoms with Gasteiger partial charge in [0.05, 0.1) is 0 Å². The number of hydrogen-bond donors (Lipinski definition) is 2. The van der Waals surface area contributed by atoms with Gasteiger partial charge in [0.25, 0.3) is 0 Å². The van der Waals surface area contributed by atoms with Crippen molar-refractivity contribution in [1.82, 2.24) is 0 Å². The average molecular weight is 116 g/mol. The molecule has 0 radical (unpaired) electrons. The van der Waals surface area contributed by atoms with Crippen LogP contribution in [0.25, 0.3) is 0 Å². The second-order valence-corrected chi connectivity index (χ2v) is 2.65. The lowest BCUT2D eigenvalue weighted by Gasteiger charge is -2.26. The molecule has 0 saturated carbocycles. The van der Waals surface area contributed by atoms with Gasteiger partial charge in [0.1, 0.15) is 0 Å². The third-order valence-corrected chi connectivity index (χ3v) is 1.80. The van der Waals surface area contributed by atoms with Crippen molar-refractivity contribution in [1.29, 1.82) is 0 Å². The molecule has 0 bridgehead atoms. The second-order valence-electron chi connectivity index (χ2n) is 2.65. The van der Waals surface area contributed by atoms with E-state index < -0.39 is 0 Å². The van der Waals surface area contributed by atoms with Crippen LogP contribution >= 0.6 is 0 Å². The first-order valence-corrected chi connectivity index (χ1v) is 3.05. The van der Waals surface area contributed by atoms with Gasteiger partial charge in [0, 0.05) is 11.6 Å². The van der Waals surface area contributed by atoms with Crippen molar-refractivity contribution in [2.45, 2.75) is 38.8 Å². The fourth-order valence-corrected chi connectivity index (χ4v) is 0.322.